The summed E-state index contributed by atoms with van der Waals surface area (Å²) in [6, 6.07) is 1.41. The first-order valence-corrected chi connectivity index (χ1v) is 7.19. The van der Waals surface area contributed by atoms with Crippen molar-refractivity contribution in [2.75, 3.05) is 0 Å². The molecule has 0 bridgehead atoms. The molecule has 0 saturated carbocycles. The van der Waals surface area contributed by atoms with Crippen molar-refractivity contribution < 1.29 is 9.21 Å². The van der Waals surface area contributed by atoms with E-state index in [9.17, 15) is 4.79 Å². The maximum absolute atomic E-state index is 12.1. The minimum absolute atomic E-state index is 0.164. The topological polar surface area (TPSA) is 96.7 Å². The molecule has 0 aliphatic carbocycles. The van der Waals surface area contributed by atoms with Gasteiger partial charge in [0.15, 0.2) is 0 Å². The van der Waals surface area contributed by atoms with Gasteiger partial charge in [0.25, 0.3) is 5.91 Å². The smallest absolute Gasteiger partial charge is 0.272 e. The zero-order valence-electron chi connectivity index (χ0n) is 12.8. The fourth-order valence-electron chi connectivity index (χ4n) is 1.86. The number of H-pyrrole nitrogens is 1. The van der Waals surface area contributed by atoms with Crippen LogP contribution in [0.15, 0.2) is 10.5 Å². The lowest BCUT2D eigenvalue weighted by Gasteiger charge is -2.08. The highest BCUT2D eigenvalue weighted by atomic mass is 16.4. The van der Waals surface area contributed by atoms with Gasteiger partial charge in [-0.3, -0.25) is 9.89 Å². The highest BCUT2D eigenvalue weighted by Crippen LogP contribution is 2.17. The third-order valence-corrected chi connectivity index (χ3v) is 3.05. The van der Waals surface area contributed by atoms with Gasteiger partial charge in [0.1, 0.15) is 11.7 Å². The maximum Gasteiger partial charge on any atom is 0.272 e. The van der Waals surface area contributed by atoms with Gasteiger partial charge >= 0.3 is 0 Å². The van der Waals surface area contributed by atoms with Crippen LogP contribution in [0, 0.1) is 0 Å². The molecule has 114 valence electrons. The minimum Gasteiger partial charge on any atom is -0.423 e. The average Bonchev–Trinajstić information content (AvgIpc) is 3.07. The van der Waals surface area contributed by atoms with E-state index >= 15 is 0 Å². The molecule has 21 heavy (non-hydrogen) atoms. The number of amides is 1. The number of aromatic nitrogens is 4. The number of hydrogen-bond acceptors (Lipinski definition) is 5. The van der Waals surface area contributed by atoms with E-state index in [1.54, 1.807) is 13.0 Å². The molecule has 0 fully saturated rings. The summed E-state index contributed by atoms with van der Waals surface area (Å²) < 4.78 is 5.52. The number of carbonyl (C=O) groups excluding carboxylic acids is 1. The summed E-state index contributed by atoms with van der Waals surface area (Å²) in [7, 11) is 0. The molecular formula is C14H21N5O2. The molecule has 0 aliphatic rings. The summed E-state index contributed by atoms with van der Waals surface area (Å²) in [6.07, 6.45) is 1.87. The van der Waals surface area contributed by atoms with Crippen LogP contribution in [0.3, 0.4) is 0 Å². The van der Waals surface area contributed by atoms with Crippen molar-refractivity contribution in [3.05, 3.63) is 29.2 Å². The first kappa shape index (κ1) is 15.2. The van der Waals surface area contributed by atoms with Crippen molar-refractivity contribution in [3.63, 3.8) is 0 Å². The largest absolute Gasteiger partial charge is 0.423 e. The lowest BCUT2D eigenvalue weighted by molar-refractivity contribution is 0.0928. The molecule has 1 amide bonds. The number of aromatic amines is 1. The van der Waals surface area contributed by atoms with Crippen LogP contribution >= 0.6 is 0 Å². The van der Waals surface area contributed by atoms with E-state index in [1.165, 1.54) is 0 Å². The second-order valence-electron chi connectivity index (χ2n) is 5.36. The average molecular weight is 291 g/mol. The molecule has 2 N–H and O–H groups in total. The Morgan fingerprint density at radius 3 is 2.67 bits per heavy atom. The zero-order chi connectivity index (χ0) is 15.4. The van der Waals surface area contributed by atoms with E-state index in [1.807, 2.05) is 13.8 Å². The van der Waals surface area contributed by atoms with E-state index in [2.05, 4.69) is 32.6 Å². The molecule has 0 aliphatic heterocycles. The zero-order valence-corrected chi connectivity index (χ0v) is 12.8. The van der Waals surface area contributed by atoms with Crippen LogP contribution < -0.4 is 5.32 Å². The molecule has 2 heterocycles. The monoisotopic (exact) mass is 291 g/mol. The van der Waals surface area contributed by atoms with Crippen molar-refractivity contribution in [2.45, 2.75) is 52.5 Å². The fraction of sp³-hybridized carbons (Fsp3) is 0.571. The predicted octanol–water partition coefficient (Wildman–Crippen LogP) is 2.36. The SMILES string of the molecule is CCCc1cc(C(=O)N[C@H](C)c2nnc(C(C)C)o2)n[nH]1. The minimum atomic E-state index is -0.358. The lowest BCUT2D eigenvalue weighted by Crippen LogP contribution is -2.27. The van der Waals surface area contributed by atoms with Gasteiger partial charge in [0.2, 0.25) is 11.8 Å². The van der Waals surface area contributed by atoms with Crippen LogP contribution in [0.25, 0.3) is 0 Å². The molecule has 0 radical (unpaired) electrons. The molecule has 2 aromatic rings. The Bertz CT molecular complexity index is 602. The molecule has 2 rings (SSSR count). The van der Waals surface area contributed by atoms with Crippen LogP contribution in [-0.2, 0) is 6.42 Å². The van der Waals surface area contributed by atoms with Crippen molar-refractivity contribution in [1.29, 1.82) is 0 Å². The van der Waals surface area contributed by atoms with Crippen LogP contribution in [0.1, 0.15) is 74.0 Å². The molecule has 0 saturated heterocycles. The van der Waals surface area contributed by atoms with Crippen molar-refractivity contribution in [3.8, 4) is 0 Å². The third-order valence-electron chi connectivity index (χ3n) is 3.05. The summed E-state index contributed by atoms with van der Waals surface area (Å²) in [5, 5.41) is 17.6. The van der Waals surface area contributed by atoms with E-state index in [0.717, 1.165) is 18.5 Å². The molecule has 0 unspecified atom stereocenters. The number of carbonyl (C=O) groups is 1. The quantitative estimate of drug-likeness (QED) is 0.851. The van der Waals surface area contributed by atoms with Gasteiger partial charge in [-0.2, -0.15) is 5.10 Å². The van der Waals surface area contributed by atoms with Crippen LogP contribution in [0.2, 0.25) is 0 Å². The summed E-state index contributed by atoms with van der Waals surface area (Å²) in [5.74, 6) is 0.870. The van der Waals surface area contributed by atoms with Crippen molar-refractivity contribution >= 4 is 5.91 Å². The Morgan fingerprint density at radius 1 is 1.33 bits per heavy atom. The van der Waals surface area contributed by atoms with E-state index in [0.29, 0.717) is 17.5 Å². The molecule has 0 aromatic carbocycles. The number of aryl methyl sites for hydroxylation is 1. The third kappa shape index (κ3) is 3.68. The predicted molar refractivity (Wildman–Crippen MR) is 76.9 cm³/mol. The van der Waals surface area contributed by atoms with Gasteiger partial charge in [0.05, 0.1) is 0 Å². The number of nitrogens with zero attached hydrogens (tertiary/aromatic N) is 3. The molecule has 0 spiro atoms. The van der Waals surface area contributed by atoms with Gasteiger partial charge in [0, 0.05) is 11.6 Å². The fourth-order valence-corrected chi connectivity index (χ4v) is 1.86. The second kappa shape index (κ2) is 6.51. The number of nitrogens with one attached hydrogen (secondary N) is 2. The van der Waals surface area contributed by atoms with E-state index in [-0.39, 0.29) is 17.9 Å². The second-order valence-corrected chi connectivity index (χ2v) is 5.36. The van der Waals surface area contributed by atoms with Crippen LogP contribution in [-0.4, -0.2) is 26.3 Å². The van der Waals surface area contributed by atoms with Gasteiger partial charge in [-0.05, 0) is 19.4 Å². The Hall–Kier alpha value is -2.18. The highest BCUT2D eigenvalue weighted by molar-refractivity contribution is 5.92. The normalized spacial score (nSPS) is 12.6. The van der Waals surface area contributed by atoms with Crippen molar-refractivity contribution in [1.82, 2.24) is 25.7 Å². The van der Waals surface area contributed by atoms with Gasteiger partial charge in [-0.15, -0.1) is 10.2 Å². The Kier molecular flexibility index (Phi) is 4.72. The van der Waals surface area contributed by atoms with Gasteiger partial charge < -0.3 is 9.73 Å². The maximum atomic E-state index is 12.1. The Balaban J connectivity index is 2.00. The lowest BCUT2D eigenvalue weighted by atomic mass is 10.2. The molecule has 1 atom stereocenters. The molecular weight excluding hydrogens is 270 g/mol. The summed E-state index contributed by atoms with van der Waals surface area (Å²) in [4.78, 5) is 12.1. The van der Waals surface area contributed by atoms with Gasteiger partial charge in [-0.1, -0.05) is 27.2 Å². The first-order valence-electron chi connectivity index (χ1n) is 7.19. The summed E-state index contributed by atoms with van der Waals surface area (Å²) in [5.41, 5.74) is 1.32. The van der Waals surface area contributed by atoms with E-state index < -0.39 is 0 Å². The molecule has 7 nitrogen and oxygen atoms in total. The first-order chi connectivity index (χ1) is 10.0. The number of hydrogen-bond donors (Lipinski definition) is 2. The molecule has 7 heteroatoms. The van der Waals surface area contributed by atoms with Crippen LogP contribution in [0.5, 0.6) is 0 Å². The van der Waals surface area contributed by atoms with Gasteiger partial charge in [-0.25, -0.2) is 0 Å². The summed E-state index contributed by atoms with van der Waals surface area (Å²) in [6.45, 7) is 7.82. The summed E-state index contributed by atoms with van der Waals surface area (Å²) >= 11 is 0. The van der Waals surface area contributed by atoms with E-state index in [4.69, 9.17) is 4.42 Å². The highest BCUT2D eigenvalue weighted by Gasteiger charge is 2.19. The standard InChI is InChI=1S/C14H21N5O2/c1-5-6-10-7-11(17-16-10)12(20)15-9(4)14-19-18-13(21-14)8(2)3/h7-9H,5-6H2,1-4H3,(H,15,20)(H,16,17)/t9-/m1/s1. The number of rotatable bonds is 6. The van der Waals surface area contributed by atoms with Crippen molar-refractivity contribution in [2.24, 2.45) is 0 Å². The van der Waals surface area contributed by atoms with Crippen LogP contribution in [0.4, 0.5) is 0 Å². The Morgan fingerprint density at radius 2 is 2.05 bits per heavy atom. The molecule has 2 aromatic heterocycles. The Labute approximate surface area is 123 Å².